The van der Waals surface area contributed by atoms with Gasteiger partial charge >= 0.3 is 0 Å². The number of hydrogen-bond acceptors (Lipinski definition) is 3. The van der Waals surface area contributed by atoms with E-state index in [4.69, 9.17) is 14.4 Å². The summed E-state index contributed by atoms with van der Waals surface area (Å²) in [6.45, 7) is 0. The smallest absolute Gasteiger partial charge is 0.180 e. The lowest BCUT2D eigenvalue weighted by Crippen LogP contribution is -2.28. The van der Waals surface area contributed by atoms with Gasteiger partial charge < -0.3 is 4.42 Å². The van der Waals surface area contributed by atoms with E-state index >= 15 is 0 Å². The van der Waals surface area contributed by atoms with Gasteiger partial charge in [0.2, 0.25) is 0 Å². The van der Waals surface area contributed by atoms with Gasteiger partial charge in [-0.1, -0.05) is 176 Å². The molecule has 0 radical (unpaired) electrons. The normalized spacial score (nSPS) is 12.8. The van der Waals surface area contributed by atoms with Gasteiger partial charge in [-0.2, -0.15) is 0 Å². The summed E-state index contributed by atoms with van der Waals surface area (Å²) in [5.41, 5.74) is 16.9. The van der Waals surface area contributed by atoms with Crippen LogP contribution < -0.4 is 0 Å². The van der Waals surface area contributed by atoms with Gasteiger partial charge in [0.05, 0.1) is 5.41 Å². The Bertz CT molecular complexity index is 3040. The minimum atomic E-state index is -0.448. The summed E-state index contributed by atoms with van der Waals surface area (Å²) in [4.78, 5) is 10.3. The molecule has 0 amide bonds. The van der Waals surface area contributed by atoms with Crippen LogP contribution in [-0.4, -0.2) is 9.97 Å². The summed E-state index contributed by atoms with van der Waals surface area (Å²) in [6.07, 6.45) is 0. The quantitative estimate of drug-likeness (QED) is 0.172. The van der Waals surface area contributed by atoms with Crippen molar-refractivity contribution < 1.29 is 4.42 Å². The summed E-state index contributed by atoms with van der Waals surface area (Å²) in [7, 11) is 0. The first-order chi connectivity index (χ1) is 27.8. The van der Waals surface area contributed by atoms with Crippen molar-refractivity contribution in [3.8, 4) is 56.0 Å². The second-order valence-electron chi connectivity index (χ2n) is 14.5. The predicted molar refractivity (Wildman–Crippen MR) is 228 cm³/mol. The van der Waals surface area contributed by atoms with Crippen molar-refractivity contribution in [1.29, 1.82) is 0 Å². The van der Waals surface area contributed by atoms with E-state index in [1.165, 1.54) is 38.9 Å². The Hall–Kier alpha value is -7.36. The van der Waals surface area contributed by atoms with Crippen LogP contribution in [0.2, 0.25) is 0 Å². The Labute approximate surface area is 325 Å². The van der Waals surface area contributed by atoms with Crippen LogP contribution in [0.3, 0.4) is 0 Å². The number of aromatic nitrogens is 2. The number of nitrogens with zero attached hydrogens (tertiary/aromatic N) is 2. The summed E-state index contributed by atoms with van der Waals surface area (Å²) in [5, 5.41) is 0.980. The van der Waals surface area contributed by atoms with Crippen molar-refractivity contribution in [3.05, 3.63) is 229 Å². The Morgan fingerprint density at radius 1 is 0.375 bits per heavy atom. The summed E-state index contributed by atoms with van der Waals surface area (Å²) in [6, 6.07) is 73.6. The first-order valence-electron chi connectivity index (χ1n) is 19.1. The fourth-order valence-corrected chi connectivity index (χ4v) is 8.87. The molecule has 10 aromatic rings. The Kier molecular flexibility index (Phi) is 7.39. The molecule has 2 heterocycles. The molecule has 0 atom stereocenters. The molecule has 56 heavy (non-hydrogen) atoms. The number of para-hydroxylation sites is 1. The molecule has 1 aliphatic carbocycles. The molecule has 8 aromatic carbocycles. The second kappa shape index (κ2) is 12.9. The molecule has 1 aliphatic rings. The topological polar surface area (TPSA) is 38.9 Å². The van der Waals surface area contributed by atoms with E-state index in [1.807, 2.05) is 36.4 Å². The monoisotopic (exact) mass is 714 g/mol. The molecule has 3 heteroatoms. The lowest BCUT2D eigenvalue weighted by Gasteiger charge is -2.34. The highest BCUT2D eigenvalue weighted by atomic mass is 16.3. The van der Waals surface area contributed by atoms with Crippen LogP contribution in [0.4, 0.5) is 0 Å². The van der Waals surface area contributed by atoms with Gasteiger partial charge in [-0.3, -0.25) is 0 Å². The molecular weight excluding hydrogens is 681 g/mol. The third-order valence-corrected chi connectivity index (χ3v) is 11.4. The zero-order valence-corrected chi connectivity index (χ0v) is 30.4. The van der Waals surface area contributed by atoms with Crippen molar-refractivity contribution in [2.45, 2.75) is 5.41 Å². The molecule has 0 aliphatic heterocycles. The van der Waals surface area contributed by atoms with E-state index in [0.717, 1.165) is 50.0 Å². The number of rotatable bonds is 6. The van der Waals surface area contributed by atoms with Crippen molar-refractivity contribution in [3.63, 3.8) is 0 Å². The van der Waals surface area contributed by atoms with E-state index in [-0.39, 0.29) is 0 Å². The fourth-order valence-electron chi connectivity index (χ4n) is 8.87. The highest BCUT2D eigenvalue weighted by Gasteiger charge is 2.45. The highest BCUT2D eigenvalue weighted by Crippen LogP contribution is 2.56. The van der Waals surface area contributed by atoms with Gasteiger partial charge in [0.1, 0.15) is 16.8 Å². The summed E-state index contributed by atoms with van der Waals surface area (Å²) >= 11 is 0. The zero-order chi connectivity index (χ0) is 37.1. The zero-order valence-electron chi connectivity index (χ0n) is 30.4. The van der Waals surface area contributed by atoms with Crippen LogP contribution in [0.5, 0.6) is 0 Å². The molecule has 0 N–H and O–H groups in total. The highest BCUT2D eigenvalue weighted by molar-refractivity contribution is 6.07. The standard InChI is InChI=1S/C53H34N2O/c1-3-16-35(17-4-1)49-51-50(45-28-9-12-31-48(45)56-51)55-52(54-49)40-22-14-20-38(33-40)36-18-13-19-37(32-36)39-21-15-25-42(34-39)53(41-23-5-2-6-24-41)46-29-10-7-26-43(46)44-27-8-11-30-47(44)53/h1-34H. The van der Waals surface area contributed by atoms with Crippen LogP contribution >= 0.6 is 0 Å². The molecule has 2 aromatic heterocycles. The average Bonchev–Trinajstić information content (AvgIpc) is 3.81. The molecule has 0 saturated carbocycles. The van der Waals surface area contributed by atoms with Gasteiger partial charge in [0.15, 0.2) is 11.4 Å². The molecule has 3 nitrogen and oxygen atoms in total. The summed E-state index contributed by atoms with van der Waals surface area (Å²) < 4.78 is 6.36. The number of hydrogen-bond donors (Lipinski definition) is 0. The molecule has 11 rings (SSSR count). The van der Waals surface area contributed by atoms with Crippen LogP contribution in [0.15, 0.2) is 211 Å². The van der Waals surface area contributed by atoms with Crippen molar-refractivity contribution >= 4 is 22.1 Å². The van der Waals surface area contributed by atoms with Gasteiger partial charge in [-0.15, -0.1) is 0 Å². The molecule has 0 saturated heterocycles. The maximum atomic E-state index is 6.36. The van der Waals surface area contributed by atoms with Gasteiger partial charge in [0.25, 0.3) is 0 Å². The molecule has 0 fully saturated rings. The van der Waals surface area contributed by atoms with E-state index in [9.17, 15) is 0 Å². The molecule has 262 valence electrons. The predicted octanol–water partition coefficient (Wildman–Crippen LogP) is 13.4. The number of furan rings is 1. The third kappa shape index (κ3) is 4.98. The Morgan fingerprint density at radius 2 is 0.875 bits per heavy atom. The lowest BCUT2D eigenvalue weighted by atomic mass is 9.67. The minimum absolute atomic E-state index is 0.448. The van der Waals surface area contributed by atoms with E-state index in [2.05, 4.69) is 170 Å². The fraction of sp³-hybridized carbons (Fsp3) is 0.0189. The molecule has 0 unspecified atom stereocenters. The first-order valence-corrected chi connectivity index (χ1v) is 19.1. The van der Waals surface area contributed by atoms with E-state index in [1.54, 1.807) is 0 Å². The van der Waals surface area contributed by atoms with Crippen molar-refractivity contribution in [1.82, 2.24) is 9.97 Å². The van der Waals surface area contributed by atoms with Gasteiger partial charge in [-0.25, -0.2) is 9.97 Å². The third-order valence-electron chi connectivity index (χ3n) is 11.4. The Balaban J connectivity index is 1.03. The first kappa shape index (κ1) is 32.1. The molecule has 0 spiro atoms. The lowest BCUT2D eigenvalue weighted by molar-refractivity contribution is 0.667. The minimum Gasteiger partial charge on any atom is -0.452 e. The van der Waals surface area contributed by atoms with Gasteiger partial charge in [-0.05, 0) is 86.0 Å². The number of benzene rings is 8. The van der Waals surface area contributed by atoms with Crippen molar-refractivity contribution in [2.24, 2.45) is 0 Å². The van der Waals surface area contributed by atoms with E-state index in [0.29, 0.717) is 11.4 Å². The van der Waals surface area contributed by atoms with E-state index < -0.39 is 5.41 Å². The van der Waals surface area contributed by atoms with Crippen LogP contribution in [0.1, 0.15) is 22.3 Å². The molecule has 0 bridgehead atoms. The van der Waals surface area contributed by atoms with Gasteiger partial charge in [0, 0.05) is 16.5 Å². The maximum absolute atomic E-state index is 6.36. The SMILES string of the molecule is c1ccc(-c2nc(-c3cccc(-c4cccc(-c5cccc(C6(c7ccccc7)c7ccccc7-c7ccccc76)c5)c4)c3)nc3c2oc2ccccc23)cc1. The maximum Gasteiger partial charge on any atom is 0.180 e. The van der Waals surface area contributed by atoms with Crippen LogP contribution in [0.25, 0.3) is 78.1 Å². The second-order valence-corrected chi connectivity index (χ2v) is 14.5. The van der Waals surface area contributed by atoms with Crippen LogP contribution in [0, 0.1) is 0 Å². The Morgan fingerprint density at radius 3 is 1.57 bits per heavy atom. The largest absolute Gasteiger partial charge is 0.452 e. The number of fused-ring (bicyclic) bond motifs is 6. The molecular formula is C53H34N2O. The summed E-state index contributed by atoms with van der Waals surface area (Å²) in [5.74, 6) is 0.664. The van der Waals surface area contributed by atoms with Crippen molar-refractivity contribution in [2.75, 3.05) is 0 Å². The van der Waals surface area contributed by atoms with Crippen LogP contribution in [-0.2, 0) is 5.41 Å². The average molecular weight is 715 g/mol.